The lowest BCUT2D eigenvalue weighted by molar-refractivity contribution is 0.102. The molecule has 1 N–H and O–H groups in total. The number of benzene rings is 3. The number of aryl methyl sites for hydroxylation is 1. The number of nitrogens with zero attached hydrogens (tertiary/aromatic N) is 1. The molecule has 134 valence electrons. The third-order valence-corrected chi connectivity index (χ3v) is 5.03. The van der Waals surface area contributed by atoms with Gasteiger partial charge in [-0.25, -0.2) is 4.98 Å². The van der Waals surface area contributed by atoms with Crippen molar-refractivity contribution in [2.75, 3.05) is 5.32 Å². The Labute approximate surface area is 161 Å². The lowest BCUT2D eigenvalue weighted by Gasteiger charge is -2.07. The Bertz CT molecular complexity index is 1050. The molecule has 0 spiro atoms. The first-order valence-corrected chi connectivity index (χ1v) is 9.61. The number of fused-ring (bicyclic) bond motifs is 1. The molecule has 0 saturated carbocycles. The van der Waals surface area contributed by atoms with E-state index in [1.807, 2.05) is 79.7 Å². The predicted molar refractivity (Wildman–Crippen MR) is 109 cm³/mol. The van der Waals surface area contributed by atoms with Gasteiger partial charge >= 0.3 is 0 Å². The Morgan fingerprint density at radius 2 is 1.85 bits per heavy atom. The minimum Gasteiger partial charge on any atom is -0.431 e. The fourth-order valence-electron chi connectivity index (χ4n) is 2.74. The van der Waals surface area contributed by atoms with Crippen molar-refractivity contribution >= 4 is 34.5 Å². The molecular formula is C22H18N2O2S. The van der Waals surface area contributed by atoms with Gasteiger partial charge in [-0.3, -0.25) is 4.79 Å². The van der Waals surface area contributed by atoms with Crippen LogP contribution in [0, 0.1) is 6.92 Å². The number of hydrogen-bond acceptors (Lipinski definition) is 4. The number of carbonyl (C=O) groups excluding carboxylic acids is 1. The van der Waals surface area contributed by atoms with Crippen LogP contribution in [0.4, 0.5) is 5.69 Å². The minimum absolute atomic E-state index is 0.112. The summed E-state index contributed by atoms with van der Waals surface area (Å²) in [7, 11) is 0. The second-order valence-corrected chi connectivity index (χ2v) is 7.18. The first kappa shape index (κ1) is 17.4. The van der Waals surface area contributed by atoms with Gasteiger partial charge in [-0.2, -0.15) is 0 Å². The largest absolute Gasteiger partial charge is 0.431 e. The van der Waals surface area contributed by atoms with Gasteiger partial charge in [0.2, 0.25) is 0 Å². The molecule has 27 heavy (non-hydrogen) atoms. The van der Waals surface area contributed by atoms with E-state index < -0.39 is 0 Å². The molecule has 0 aliphatic carbocycles. The normalized spacial score (nSPS) is 10.9. The summed E-state index contributed by atoms with van der Waals surface area (Å²) in [6, 6.07) is 23.1. The van der Waals surface area contributed by atoms with E-state index in [9.17, 15) is 4.79 Å². The van der Waals surface area contributed by atoms with Crippen LogP contribution in [0.25, 0.3) is 11.1 Å². The van der Waals surface area contributed by atoms with Crippen molar-refractivity contribution in [3.05, 3.63) is 89.5 Å². The van der Waals surface area contributed by atoms with E-state index in [1.54, 1.807) is 0 Å². The molecule has 4 aromatic rings. The van der Waals surface area contributed by atoms with E-state index in [0.29, 0.717) is 10.8 Å². The number of aromatic nitrogens is 1. The van der Waals surface area contributed by atoms with Crippen LogP contribution >= 0.6 is 11.8 Å². The smallest absolute Gasteiger partial charge is 0.257 e. The fourth-order valence-corrected chi connectivity index (χ4v) is 3.53. The van der Waals surface area contributed by atoms with E-state index >= 15 is 0 Å². The van der Waals surface area contributed by atoms with E-state index in [-0.39, 0.29) is 5.91 Å². The summed E-state index contributed by atoms with van der Waals surface area (Å²) in [5.41, 5.74) is 5.31. The zero-order valence-electron chi connectivity index (χ0n) is 14.8. The standard InChI is InChI=1S/C22H18N2O2S/c1-15-5-4-6-18(13-15)23-21(25)17-11-9-16(10-12-17)14-27-22-24-19-7-2-3-8-20(19)26-22/h2-13H,14H2,1H3,(H,23,25). The average molecular weight is 374 g/mol. The molecule has 0 fully saturated rings. The third kappa shape index (κ3) is 4.20. The number of amides is 1. The van der Waals surface area contributed by atoms with Crippen molar-refractivity contribution in [2.24, 2.45) is 0 Å². The molecule has 0 radical (unpaired) electrons. The Hall–Kier alpha value is -3.05. The second kappa shape index (κ2) is 7.68. The molecular weight excluding hydrogens is 356 g/mol. The van der Waals surface area contributed by atoms with Crippen LogP contribution in [-0.4, -0.2) is 10.9 Å². The van der Waals surface area contributed by atoms with Crippen molar-refractivity contribution < 1.29 is 9.21 Å². The van der Waals surface area contributed by atoms with E-state index in [0.717, 1.165) is 33.7 Å². The molecule has 1 heterocycles. The highest BCUT2D eigenvalue weighted by Crippen LogP contribution is 2.26. The molecule has 1 amide bonds. The summed E-state index contributed by atoms with van der Waals surface area (Å²) < 4.78 is 5.72. The molecule has 0 bridgehead atoms. The van der Waals surface area contributed by atoms with Crippen LogP contribution in [0.1, 0.15) is 21.5 Å². The minimum atomic E-state index is -0.112. The highest BCUT2D eigenvalue weighted by Gasteiger charge is 2.08. The van der Waals surface area contributed by atoms with Gasteiger partial charge in [0.1, 0.15) is 5.52 Å². The van der Waals surface area contributed by atoms with Gasteiger partial charge in [-0.05, 0) is 54.4 Å². The number of thioether (sulfide) groups is 1. The van der Waals surface area contributed by atoms with Crippen LogP contribution in [-0.2, 0) is 5.75 Å². The summed E-state index contributed by atoms with van der Waals surface area (Å²) in [5, 5.41) is 3.57. The summed E-state index contributed by atoms with van der Waals surface area (Å²) in [6.45, 7) is 2.00. The molecule has 0 unspecified atom stereocenters. The van der Waals surface area contributed by atoms with Crippen molar-refractivity contribution in [3.63, 3.8) is 0 Å². The molecule has 0 saturated heterocycles. The maximum atomic E-state index is 12.4. The number of nitrogens with one attached hydrogen (secondary N) is 1. The zero-order valence-corrected chi connectivity index (χ0v) is 15.6. The number of anilines is 1. The molecule has 0 aliphatic rings. The summed E-state index contributed by atoms with van der Waals surface area (Å²) >= 11 is 1.54. The van der Waals surface area contributed by atoms with Crippen molar-refractivity contribution in [1.29, 1.82) is 0 Å². The Morgan fingerprint density at radius 3 is 2.63 bits per heavy atom. The summed E-state index contributed by atoms with van der Waals surface area (Å²) in [6.07, 6.45) is 0. The molecule has 5 heteroatoms. The maximum absolute atomic E-state index is 12.4. The quantitative estimate of drug-likeness (QED) is 0.457. The number of hydrogen-bond donors (Lipinski definition) is 1. The monoisotopic (exact) mass is 374 g/mol. The van der Waals surface area contributed by atoms with Gasteiger partial charge < -0.3 is 9.73 Å². The number of rotatable bonds is 5. The summed E-state index contributed by atoms with van der Waals surface area (Å²) in [5.74, 6) is 0.617. The lowest BCUT2D eigenvalue weighted by Crippen LogP contribution is -2.11. The van der Waals surface area contributed by atoms with Crippen molar-refractivity contribution in [1.82, 2.24) is 4.98 Å². The Balaban J connectivity index is 1.38. The molecule has 1 aromatic heterocycles. The van der Waals surface area contributed by atoms with Crippen LogP contribution < -0.4 is 5.32 Å². The predicted octanol–water partition coefficient (Wildman–Crippen LogP) is 5.68. The number of para-hydroxylation sites is 2. The van der Waals surface area contributed by atoms with Gasteiger partial charge in [-0.1, -0.05) is 48.2 Å². The topological polar surface area (TPSA) is 55.1 Å². The summed E-state index contributed by atoms with van der Waals surface area (Å²) in [4.78, 5) is 16.8. The third-order valence-electron chi connectivity index (χ3n) is 4.13. The highest BCUT2D eigenvalue weighted by atomic mass is 32.2. The Kier molecular flexibility index (Phi) is 4.94. The Morgan fingerprint density at radius 1 is 1.04 bits per heavy atom. The highest BCUT2D eigenvalue weighted by molar-refractivity contribution is 7.98. The van der Waals surface area contributed by atoms with Crippen LogP contribution in [0.2, 0.25) is 0 Å². The molecule has 4 nitrogen and oxygen atoms in total. The zero-order chi connectivity index (χ0) is 18.6. The van der Waals surface area contributed by atoms with Gasteiger partial charge in [0.25, 0.3) is 11.1 Å². The van der Waals surface area contributed by atoms with Crippen LogP contribution in [0.15, 0.2) is 82.4 Å². The molecule has 0 aliphatic heterocycles. The molecule has 4 rings (SSSR count). The molecule has 3 aromatic carbocycles. The van der Waals surface area contributed by atoms with Crippen molar-refractivity contribution in [2.45, 2.75) is 17.9 Å². The van der Waals surface area contributed by atoms with Crippen LogP contribution in [0.5, 0.6) is 0 Å². The SMILES string of the molecule is Cc1cccc(NC(=O)c2ccc(CSc3nc4ccccc4o3)cc2)c1. The average Bonchev–Trinajstić information content (AvgIpc) is 3.10. The van der Waals surface area contributed by atoms with Crippen molar-refractivity contribution in [3.8, 4) is 0 Å². The second-order valence-electron chi connectivity index (χ2n) is 6.26. The maximum Gasteiger partial charge on any atom is 0.257 e. The van der Waals surface area contributed by atoms with Gasteiger partial charge in [-0.15, -0.1) is 0 Å². The number of carbonyl (C=O) groups is 1. The number of oxazole rings is 1. The van der Waals surface area contributed by atoms with E-state index in [1.165, 1.54) is 11.8 Å². The fraction of sp³-hybridized carbons (Fsp3) is 0.0909. The van der Waals surface area contributed by atoms with E-state index in [4.69, 9.17) is 4.42 Å². The first-order chi connectivity index (χ1) is 13.2. The van der Waals surface area contributed by atoms with E-state index in [2.05, 4.69) is 10.3 Å². The van der Waals surface area contributed by atoms with Gasteiger partial charge in [0.05, 0.1) is 0 Å². The first-order valence-electron chi connectivity index (χ1n) is 8.63. The van der Waals surface area contributed by atoms with Crippen LogP contribution in [0.3, 0.4) is 0 Å². The van der Waals surface area contributed by atoms with Gasteiger partial charge in [0, 0.05) is 17.0 Å². The lowest BCUT2D eigenvalue weighted by atomic mass is 10.1. The molecule has 0 atom stereocenters. The van der Waals surface area contributed by atoms with Gasteiger partial charge in [0.15, 0.2) is 5.58 Å².